The molecule has 1 saturated carbocycles. The van der Waals surface area contributed by atoms with Gasteiger partial charge in [0, 0.05) is 38.1 Å². The average Bonchev–Trinajstić information content (AvgIpc) is 2.96. The molecule has 1 aliphatic heterocycles. The van der Waals surface area contributed by atoms with Crippen LogP contribution in [0.1, 0.15) is 65.7 Å². The van der Waals surface area contributed by atoms with E-state index in [1.165, 1.54) is 6.07 Å². The number of Topliss-reactive ketones (excluding diaryl/α,β-unsaturated/α-hetero) is 1. The van der Waals surface area contributed by atoms with Gasteiger partial charge < -0.3 is 15.6 Å². The van der Waals surface area contributed by atoms with Crippen molar-refractivity contribution in [3.05, 3.63) is 82.6 Å². The zero-order valence-corrected chi connectivity index (χ0v) is 22.6. The second kappa shape index (κ2) is 11.7. The molecule has 3 N–H and O–H groups in total. The van der Waals surface area contributed by atoms with Gasteiger partial charge in [-0.25, -0.2) is 18.2 Å². The van der Waals surface area contributed by atoms with Crippen molar-refractivity contribution in [1.29, 1.82) is 5.26 Å². The summed E-state index contributed by atoms with van der Waals surface area (Å²) < 4.78 is 50.9. The highest BCUT2D eigenvalue weighted by atomic mass is 19.1. The van der Waals surface area contributed by atoms with Gasteiger partial charge in [-0.3, -0.25) is 9.78 Å². The first-order valence-corrected chi connectivity index (χ1v) is 13.7. The van der Waals surface area contributed by atoms with Crippen LogP contribution in [-0.4, -0.2) is 46.2 Å². The number of hydrogen-bond donors (Lipinski definition) is 2. The lowest BCUT2D eigenvalue weighted by molar-refractivity contribution is 0.0519. The molecule has 1 aromatic carbocycles. The molecule has 0 unspecified atom stereocenters. The summed E-state index contributed by atoms with van der Waals surface area (Å²) in [5, 5.41) is 20.0. The Hall–Kier alpha value is -3.65. The molecule has 3 heterocycles. The van der Waals surface area contributed by atoms with E-state index in [1.807, 2.05) is 13.0 Å². The molecule has 5 rings (SSSR count). The largest absolute Gasteiger partial charge is 0.391 e. The van der Waals surface area contributed by atoms with Crippen molar-refractivity contribution < 1.29 is 27.8 Å². The van der Waals surface area contributed by atoms with Crippen LogP contribution in [0, 0.1) is 34.7 Å². The number of aliphatic hydroxyl groups is 1. The molecule has 0 amide bonds. The fourth-order valence-electron chi connectivity index (χ4n) is 6.11. The van der Waals surface area contributed by atoms with Crippen LogP contribution in [0.5, 0.6) is 0 Å². The number of nitrogens with two attached hydrogens (primary N) is 1. The molecule has 10 heteroatoms. The monoisotopic (exact) mass is 564 g/mol. The normalized spacial score (nSPS) is 24.0. The topological polar surface area (TPSA) is 122 Å². The maximum absolute atomic E-state index is 15.4. The first kappa shape index (κ1) is 28.9. The van der Waals surface area contributed by atoms with Crippen molar-refractivity contribution in [2.24, 2.45) is 11.7 Å². The molecule has 214 valence electrons. The summed E-state index contributed by atoms with van der Waals surface area (Å²) in [7, 11) is 0. The highest BCUT2D eigenvalue weighted by Gasteiger charge is 2.37. The lowest BCUT2D eigenvalue weighted by atomic mass is 9.74. The Balaban J connectivity index is 1.44. The predicted molar refractivity (Wildman–Crippen MR) is 144 cm³/mol. The fourth-order valence-corrected chi connectivity index (χ4v) is 6.11. The van der Waals surface area contributed by atoms with Crippen LogP contribution in [0.15, 0.2) is 42.7 Å². The summed E-state index contributed by atoms with van der Waals surface area (Å²) in [6.07, 6.45) is 4.29. The standard InChI is InChI=1S/C31H31F3N4O3/c1-17-10-18(11-25(36)30(17)40)21-4-7-37-15-19(21)12-27(39)26-3-2-22(32)29(38-26)28-23(33)13-20(14-24(28)34)31(16-35)5-8-41-9-6-31/h2-4,7,13-15,17-18,25,30,40H,5-6,8-12,36H2,1H3/t17-,18+,25+,30+/m0/s1. The number of hydrogen-bond acceptors (Lipinski definition) is 7. The number of ether oxygens (including phenoxy) is 1. The predicted octanol–water partition coefficient (Wildman–Crippen LogP) is 4.76. The molecule has 0 radical (unpaired) electrons. The number of carbonyl (C=O) groups is 1. The number of rotatable bonds is 6. The van der Waals surface area contributed by atoms with E-state index >= 15 is 8.78 Å². The summed E-state index contributed by atoms with van der Waals surface area (Å²) in [6.45, 7) is 2.50. The molecule has 0 bridgehead atoms. The van der Waals surface area contributed by atoms with Gasteiger partial charge in [-0.1, -0.05) is 6.92 Å². The van der Waals surface area contributed by atoms with Crippen LogP contribution in [0.3, 0.4) is 0 Å². The van der Waals surface area contributed by atoms with Gasteiger partial charge in [-0.2, -0.15) is 5.26 Å². The van der Waals surface area contributed by atoms with E-state index in [-0.39, 0.29) is 55.6 Å². The zero-order chi connectivity index (χ0) is 29.3. The first-order valence-electron chi connectivity index (χ1n) is 13.7. The number of pyridine rings is 2. The third-order valence-electron chi connectivity index (χ3n) is 8.49. The van der Waals surface area contributed by atoms with Gasteiger partial charge in [0.25, 0.3) is 0 Å². The number of carbonyl (C=O) groups excluding carboxylic acids is 1. The molecule has 0 spiro atoms. The zero-order valence-electron chi connectivity index (χ0n) is 22.6. The molecule has 2 fully saturated rings. The van der Waals surface area contributed by atoms with Crippen molar-refractivity contribution in [3.8, 4) is 17.3 Å². The number of halogens is 3. The number of aliphatic hydroxyl groups excluding tert-OH is 1. The van der Waals surface area contributed by atoms with Crippen LogP contribution in [0.4, 0.5) is 13.2 Å². The smallest absolute Gasteiger partial charge is 0.185 e. The van der Waals surface area contributed by atoms with Crippen molar-refractivity contribution in [2.75, 3.05) is 13.2 Å². The second-order valence-electron chi connectivity index (χ2n) is 11.1. The molecule has 2 aliphatic rings. The molecule has 1 aliphatic carbocycles. The molecule has 3 aromatic rings. The van der Waals surface area contributed by atoms with Crippen LogP contribution in [0.25, 0.3) is 11.3 Å². The van der Waals surface area contributed by atoms with E-state index in [9.17, 15) is 19.6 Å². The molecule has 1 saturated heterocycles. The number of benzene rings is 1. The molecule has 4 atom stereocenters. The van der Waals surface area contributed by atoms with E-state index in [4.69, 9.17) is 10.5 Å². The molecular formula is C31H31F3N4O3. The Labute approximate surface area is 236 Å². The van der Waals surface area contributed by atoms with Gasteiger partial charge >= 0.3 is 0 Å². The van der Waals surface area contributed by atoms with Crippen molar-refractivity contribution in [2.45, 2.75) is 62.5 Å². The second-order valence-corrected chi connectivity index (χ2v) is 11.1. The minimum absolute atomic E-state index is 0.0140. The van der Waals surface area contributed by atoms with Gasteiger partial charge in [0.15, 0.2) is 5.78 Å². The Kier molecular flexibility index (Phi) is 8.23. The van der Waals surface area contributed by atoms with Crippen LogP contribution < -0.4 is 5.73 Å². The van der Waals surface area contributed by atoms with Gasteiger partial charge in [-0.05, 0) is 84.5 Å². The lowest BCUT2D eigenvalue weighted by Crippen LogP contribution is -2.44. The molecule has 2 aromatic heterocycles. The fraction of sp³-hybridized carbons (Fsp3) is 0.419. The highest BCUT2D eigenvalue weighted by Crippen LogP contribution is 2.39. The lowest BCUT2D eigenvalue weighted by Gasteiger charge is -2.36. The first-order chi connectivity index (χ1) is 19.6. The highest BCUT2D eigenvalue weighted by molar-refractivity contribution is 5.96. The third kappa shape index (κ3) is 5.62. The number of ketones is 1. The van der Waals surface area contributed by atoms with Gasteiger partial charge in [-0.15, -0.1) is 0 Å². The summed E-state index contributed by atoms with van der Waals surface area (Å²) in [4.78, 5) is 21.5. The quantitative estimate of drug-likeness (QED) is 0.414. The van der Waals surface area contributed by atoms with Crippen LogP contribution >= 0.6 is 0 Å². The van der Waals surface area contributed by atoms with Crippen molar-refractivity contribution in [1.82, 2.24) is 9.97 Å². The summed E-state index contributed by atoms with van der Waals surface area (Å²) in [5.41, 5.74) is 5.26. The van der Waals surface area contributed by atoms with E-state index in [1.54, 1.807) is 12.4 Å². The third-order valence-corrected chi connectivity index (χ3v) is 8.49. The Bertz CT molecular complexity index is 1470. The molecule has 7 nitrogen and oxygen atoms in total. The maximum Gasteiger partial charge on any atom is 0.185 e. The van der Waals surface area contributed by atoms with Gasteiger partial charge in [0.1, 0.15) is 28.8 Å². The Morgan fingerprint density at radius 1 is 1.15 bits per heavy atom. The number of nitrogens with zero attached hydrogens (tertiary/aromatic N) is 3. The number of aromatic nitrogens is 2. The minimum atomic E-state index is -1.11. The maximum atomic E-state index is 15.4. The molecule has 41 heavy (non-hydrogen) atoms. The van der Waals surface area contributed by atoms with Crippen molar-refractivity contribution in [3.63, 3.8) is 0 Å². The Morgan fingerprint density at radius 3 is 2.51 bits per heavy atom. The average molecular weight is 565 g/mol. The summed E-state index contributed by atoms with van der Waals surface area (Å²) in [5.74, 6) is -3.61. The van der Waals surface area contributed by atoms with Crippen LogP contribution in [0.2, 0.25) is 0 Å². The van der Waals surface area contributed by atoms with Crippen molar-refractivity contribution >= 4 is 5.78 Å². The van der Waals surface area contributed by atoms with E-state index < -0.39 is 52.1 Å². The van der Waals surface area contributed by atoms with E-state index in [0.29, 0.717) is 18.4 Å². The van der Waals surface area contributed by atoms with E-state index in [0.717, 1.165) is 23.8 Å². The van der Waals surface area contributed by atoms with Gasteiger partial charge in [0.05, 0.1) is 23.2 Å². The number of nitriles is 1. The molecular weight excluding hydrogens is 533 g/mol. The summed E-state index contributed by atoms with van der Waals surface area (Å²) in [6, 6.07) is 7.82. The summed E-state index contributed by atoms with van der Waals surface area (Å²) >= 11 is 0. The Morgan fingerprint density at radius 2 is 1.85 bits per heavy atom. The van der Waals surface area contributed by atoms with Crippen LogP contribution in [-0.2, 0) is 16.6 Å². The van der Waals surface area contributed by atoms with E-state index in [2.05, 4.69) is 16.0 Å². The minimum Gasteiger partial charge on any atom is -0.391 e. The SMILES string of the molecule is C[C@H]1C[C@@H](c2ccncc2CC(=O)c2ccc(F)c(-c3c(F)cc(C4(C#N)CCOCC4)cc3F)n2)C[C@@H](N)[C@@H]1O. The van der Waals surface area contributed by atoms with Gasteiger partial charge in [0.2, 0.25) is 0 Å².